The summed E-state index contributed by atoms with van der Waals surface area (Å²) in [6.07, 6.45) is 0. The molecule has 2 heterocycles. The largest absolute Gasteiger partial charge is 0.463 e. The minimum absolute atomic E-state index is 0.209. The van der Waals surface area contributed by atoms with Crippen molar-refractivity contribution in [2.45, 2.75) is 26.4 Å². The quantitative estimate of drug-likeness (QED) is 0.586. The molecule has 186 valence electrons. The third-order valence-electron chi connectivity index (χ3n) is 6.54. The molecule has 2 aliphatic heterocycles. The number of nitrogens with one attached hydrogen (secondary N) is 1. The fourth-order valence-corrected chi connectivity index (χ4v) is 4.72. The Hall–Kier alpha value is -3.23. The van der Waals surface area contributed by atoms with Crippen LogP contribution in [0.1, 0.15) is 31.0 Å². The third kappa shape index (κ3) is 5.89. The van der Waals surface area contributed by atoms with E-state index in [2.05, 4.69) is 15.1 Å². The Bertz CT molecular complexity index is 1050. The van der Waals surface area contributed by atoms with E-state index in [1.54, 1.807) is 11.8 Å². The molecule has 1 atom stereocenters. The molecule has 7 nitrogen and oxygen atoms in total. The molecule has 8 heteroatoms. The molecule has 2 aromatic carbocycles. The molecular formula is C27H33FN4O3. The van der Waals surface area contributed by atoms with Crippen LogP contribution in [0.15, 0.2) is 65.9 Å². The highest BCUT2D eigenvalue weighted by Crippen LogP contribution is 2.32. The summed E-state index contributed by atoms with van der Waals surface area (Å²) in [5.41, 5.74) is 3.13. The first kappa shape index (κ1) is 24.9. The van der Waals surface area contributed by atoms with Crippen molar-refractivity contribution < 1.29 is 18.7 Å². The number of ether oxygens (including phenoxy) is 1. The number of benzene rings is 2. The van der Waals surface area contributed by atoms with Gasteiger partial charge in [-0.2, -0.15) is 0 Å². The van der Waals surface area contributed by atoms with Crippen LogP contribution in [0, 0.1) is 5.82 Å². The maximum atomic E-state index is 13.2. The molecule has 0 aromatic heterocycles. The van der Waals surface area contributed by atoms with Gasteiger partial charge in [0.2, 0.25) is 0 Å². The van der Waals surface area contributed by atoms with Crippen LogP contribution in [-0.2, 0) is 16.1 Å². The lowest BCUT2D eigenvalue weighted by Crippen LogP contribution is -2.53. The number of urea groups is 1. The number of hydrogen-bond acceptors (Lipinski definition) is 5. The number of nitrogens with zero attached hydrogens (tertiary/aromatic N) is 3. The van der Waals surface area contributed by atoms with Crippen LogP contribution < -0.4 is 5.32 Å². The number of halogens is 1. The van der Waals surface area contributed by atoms with Crippen molar-refractivity contribution in [2.24, 2.45) is 0 Å². The topological polar surface area (TPSA) is 65.1 Å². The average molecular weight is 481 g/mol. The first-order chi connectivity index (χ1) is 17.0. The molecule has 4 rings (SSSR count). The summed E-state index contributed by atoms with van der Waals surface area (Å²) in [6, 6.07) is 15.4. The van der Waals surface area contributed by atoms with Gasteiger partial charge < -0.3 is 10.1 Å². The van der Waals surface area contributed by atoms with Crippen LogP contribution in [0.5, 0.6) is 0 Å². The van der Waals surface area contributed by atoms with Gasteiger partial charge in [0.1, 0.15) is 5.82 Å². The number of piperazine rings is 1. The Morgan fingerprint density at radius 2 is 1.60 bits per heavy atom. The standard InChI is InChI=1S/C27H33FN4O3/c1-3-32-23(19-31-16-14-30(15-17-31)18-20-10-12-22(28)13-11-20)24(26(33)35-4-2)25(29-27(32)34)21-8-6-5-7-9-21/h5-13,25H,3-4,14-19H2,1-2H3,(H,29,34)/t25-/m0/s1. The zero-order chi connectivity index (χ0) is 24.8. The third-order valence-corrected chi connectivity index (χ3v) is 6.54. The molecule has 2 aromatic rings. The number of likely N-dealkylation sites (N-methyl/N-ethyl adjacent to an activating group) is 1. The molecule has 2 amide bonds. The first-order valence-corrected chi connectivity index (χ1v) is 12.2. The molecular weight excluding hydrogens is 447 g/mol. The Kier molecular flexibility index (Phi) is 8.15. The van der Waals surface area contributed by atoms with Crippen molar-refractivity contribution in [3.05, 3.63) is 82.8 Å². The first-order valence-electron chi connectivity index (χ1n) is 12.2. The minimum Gasteiger partial charge on any atom is -0.463 e. The minimum atomic E-state index is -0.555. The van der Waals surface area contributed by atoms with Crippen LogP contribution >= 0.6 is 0 Å². The normalized spacial score (nSPS) is 19.6. The average Bonchev–Trinajstić information content (AvgIpc) is 2.87. The van der Waals surface area contributed by atoms with E-state index in [-0.39, 0.29) is 18.5 Å². The summed E-state index contributed by atoms with van der Waals surface area (Å²) in [7, 11) is 0. The Morgan fingerprint density at radius 1 is 0.971 bits per heavy atom. The Morgan fingerprint density at radius 3 is 2.20 bits per heavy atom. The zero-order valence-corrected chi connectivity index (χ0v) is 20.4. The van der Waals surface area contributed by atoms with Gasteiger partial charge in [0.05, 0.1) is 18.2 Å². The van der Waals surface area contributed by atoms with Crippen LogP contribution in [0.3, 0.4) is 0 Å². The lowest BCUT2D eigenvalue weighted by atomic mass is 9.94. The number of carbonyl (C=O) groups is 2. The van der Waals surface area contributed by atoms with E-state index in [9.17, 15) is 14.0 Å². The van der Waals surface area contributed by atoms with E-state index in [4.69, 9.17) is 4.74 Å². The van der Waals surface area contributed by atoms with E-state index in [1.165, 1.54) is 12.1 Å². The Balaban J connectivity index is 1.55. The SMILES string of the molecule is CCOC(=O)C1=C(CN2CCN(Cc3ccc(F)cc3)CC2)N(CC)C(=O)N[C@H]1c1ccccc1. The monoisotopic (exact) mass is 480 g/mol. The maximum absolute atomic E-state index is 13.2. The van der Waals surface area contributed by atoms with Gasteiger partial charge in [0.15, 0.2) is 0 Å². The number of carbonyl (C=O) groups excluding carboxylic acids is 2. The van der Waals surface area contributed by atoms with Gasteiger partial charge in [0.25, 0.3) is 0 Å². The summed E-state index contributed by atoms with van der Waals surface area (Å²) in [5.74, 6) is -0.625. The number of rotatable bonds is 8. The summed E-state index contributed by atoms with van der Waals surface area (Å²) in [6.45, 7) is 8.97. The van der Waals surface area contributed by atoms with Gasteiger partial charge in [-0.15, -0.1) is 0 Å². The van der Waals surface area contributed by atoms with Gasteiger partial charge in [0, 0.05) is 51.5 Å². The van der Waals surface area contributed by atoms with Crippen molar-refractivity contribution in [3.63, 3.8) is 0 Å². The lowest BCUT2D eigenvalue weighted by Gasteiger charge is -2.40. The predicted octanol–water partition coefficient (Wildman–Crippen LogP) is 3.55. The zero-order valence-electron chi connectivity index (χ0n) is 20.4. The predicted molar refractivity (Wildman–Crippen MR) is 132 cm³/mol. The second kappa shape index (κ2) is 11.5. The van der Waals surface area contributed by atoms with Gasteiger partial charge >= 0.3 is 12.0 Å². The highest BCUT2D eigenvalue weighted by Gasteiger charge is 2.38. The van der Waals surface area contributed by atoms with Crippen LogP contribution in [0.25, 0.3) is 0 Å². The smallest absolute Gasteiger partial charge is 0.338 e. The van der Waals surface area contributed by atoms with E-state index >= 15 is 0 Å². The van der Waals surface area contributed by atoms with E-state index in [0.717, 1.165) is 43.9 Å². The molecule has 1 saturated heterocycles. The molecule has 0 spiro atoms. The second-order valence-electron chi connectivity index (χ2n) is 8.80. The molecule has 0 radical (unpaired) electrons. The van der Waals surface area contributed by atoms with Crippen molar-refractivity contribution in [1.82, 2.24) is 20.0 Å². The van der Waals surface area contributed by atoms with Gasteiger partial charge in [-0.1, -0.05) is 42.5 Å². The fraction of sp³-hybridized carbons (Fsp3) is 0.407. The maximum Gasteiger partial charge on any atom is 0.338 e. The van der Waals surface area contributed by atoms with Gasteiger partial charge in [-0.25, -0.2) is 14.0 Å². The fourth-order valence-electron chi connectivity index (χ4n) is 4.72. The van der Waals surface area contributed by atoms with E-state index in [0.29, 0.717) is 24.4 Å². The van der Waals surface area contributed by atoms with Crippen molar-refractivity contribution in [2.75, 3.05) is 45.9 Å². The molecule has 0 aliphatic carbocycles. The van der Waals surface area contributed by atoms with Gasteiger partial charge in [-0.05, 0) is 37.1 Å². The Labute approximate surface area is 206 Å². The molecule has 2 aliphatic rings. The molecule has 1 N–H and O–H groups in total. The van der Waals surface area contributed by atoms with Crippen LogP contribution in [0.4, 0.5) is 9.18 Å². The molecule has 0 bridgehead atoms. The molecule has 0 unspecified atom stereocenters. The summed E-state index contributed by atoms with van der Waals surface area (Å²) >= 11 is 0. The molecule has 0 saturated carbocycles. The second-order valence-corrected chi connectivity index (χ2v) is 8.80. The van der Waals surface area contributed by atoms with Crippen LogP contribution in [0.2, 0.25) is 0 Å². The number of esters is 1. The number of hydrogen-bond donors (Lipinski definition) is 1. The van der Waals surface area contributed by atoms with Crippen molar-refractivity contribution in [1.29, 1.82) is 0 Å². The van der Waals surface area contributed by atoms with Gasteiger partial charge in [-0.3, -0.25) is 14.7 Å². The highest BCUT2D eigenvalue weighted by molar-refractivity contribution is 5.95. The lowest BCUT2D eigenvalue weighted by molar-refractivity contribution is -0.139. The summed E-state index contributed by atoms with van der Waals surface area (Å²) in [4.78, 5) is 32.5. The van der Waals surface area contributed by atoms with E-state index < -0.39 is 12.0 Å². The molecule has 35 heavy (non-hydrogen) atoms. The van der Waals surface area contributed by atoms with Crippen molar-refractivity contribution >= 4 is 12.0 Å². The summed E-state index contributed by atoms with van der Waals surface area (Å²) in [5, 5.41) is 3.00. The molecule has 1 fully saturated rings. The highest BCUT2D eigenvalue weighted by atomic mass is 19.1. The number of amides is 2. The summed E-state index contributed by atoms with van der Waals surface area (Å²) < 4.78 is 18.7. The van der Waals surface area contributed by atoms with Crippen molar-refractivity contribution in [3.8, 4) is 0 Å². The van der Waals surface area contributed by atoms with Crippen LogP contribution in [-0.4, -0.2) is 72.6 Å². The van der Waals surface area contributed by atoms with E-state index in [1.807, 2.05) is 49.4 Å².